The van der Waals surface area contributed by atoms with Gasteiger partial charge in [0.05, 0.1) is 11.9 Å². The lowest BCUT2D eigenvalue weighted by atomic mass is 10.1. The minimum atomic E-state index is -0.201. The molecule has 29 heavy (non-hydrogen) atoms. The Kier molecular flexibility index (Phi) is 5.37. The first-order valence-electron chi connectivity index (χ1n) is 9.71. The molecule has 1 aliphatic rings. The Hall–Kier alpha value is -3.48. The first kappa shape index (κ1) is 18.9. The van der Waals surface area contributed by atoms with E-state index in [-0.39, 0.29) is 5.91 Å². The van der Waals surface area contributed by atoms with Gasteiger partial charge in [0.1, 0.15) is 5.69 Å². The third-order valence-electron chi connectivity index (χ3n) is 4.94. The molecular formula is C22H24N6O. The average Bonchev–Trinajstić information content (AvgIpc) is 2.74. The van der Waals surface area contributed by atoms with E-state index in [1.807, 2.05) is 38.1 Å². The lowest BCUT2D eigenvalue weighted by Crippen LogP contribution is -2.47. The quantitative estimate of drug-likeness (QED) is 0.740. The minimum absolute atomic E-state index is 0.201. The van der Waals surface area contributed by atoms with Crippen LogP contribution < -0.4 is 15.1 Å². The molecule has 7 heteroatoms. The molecule has 148 valence electrons. The molecular weight excluding hydrogens is 364 g/mol. The molecule has 1 aliphatic heterocycles. The number of rotatable bonds is 4. The van der Waals surface area contributed by atoms with Crippen LogP contribution in [0.1, 0.15) is 21.6 Å². The summed E-state index contributed by atoms with van der Waals surface area (Å²) in [5.74, 6) is 0.566. The molecule has 3 heterocycles. The summed E-state index contributed by atoms with van der Waals surface area (Å²) >= 11 is 0. The second-order valence-electron chi connectivity index (χ2n) is 7.26. The van der Waals surface area contributed by atoms with Crippen molar-refractivity contribution in [2.75, 3.05) is 41.3 Å². The summed E-state index contributed by atoms with van der Waals surface area (Å²) in [7, 11) is 0. The first-order valence-corrected chi connectivity index (χ1v) is 9.71. The number of anilines is 3. The number of carbonyl (C=O) groups excluding carboxylic acids is 1. The third-order valence-corrected chi connectivity index (χ3v) is 4.94. The molecule has 4 rings (SSSR count). The normalized spacial score (nSPS) is 14.0. The van der Waals surface area contributed by atoms with Crippen molar-refractivity contribution in [1.29, 1.82) is 0 Å². The molecule has 1 N–H and O–H groups in total. The van der Waals surface area contributed by atoms with Gasteiger partial charge in [-0.15, -0.1) is 0 Å². The average molecular weight is 388 g/mol. The van der Waals surface area contributed by atoms with Gasteiger partial charge in [-0.3, -0.25) is 4.79 Å². The van der Waals surface area contributed by atoms with Gasteiger partial charge in [0.2, 0.25) is 5.95 Å². The summed E-state index contributed by atoms with van der Waals surface area (Å²) in [4.78, 5) is 30.0. The fourth-order valence-electron chi connectivity index (χ4n) is 3.57. The van der Waals surface area contributed by atoms with Crippen molar-refractivity contribution in [3.63, 3.8) is 0 Å². The Morgan fingerprint density at radius 3 is 2.17 bits per heavy atom. The van der Waals surface area contributed by atoms with E-state index in [0.29, 0.717) is 5.69 Å². The van der Waals surface area contributed by atoms with Crippen LogP contribution in [-0.4, -0.2) is 47.0 Å². The number of benzene rings is 1. The SMILES string of the molecule is Cc1cc(C)cc(NC(=O)c2ccc(N3CCN(c4ncccn4)CC3)cn2)c1. The van der Waals surface area contributed by atoms with Crippen molar-refractivity contribution in [2.24, 2.45) is 0 Å². The maximum Gasteiger partial charge on any atom is 0.274 e. The fraction of sp³-hybridized carbons (Fsp3) is 0.273. The lowest BCUT2D eigenvalue weighted by molar-refractivity contribution is 0.102. The van der Waals surface area contributed by atoms with E-state index in [1.54, 1.807) is 24.7 Å². The molecule has 1 amide bonds. The Labute approximate surface area is 170 Å². The number of amides is 1. The topological polar surface area (TPSA) is 74.2 Å². The molecule has 7 nitrogen and oxygen atoms in total. The minimum Gasteiger partial charge on any atom is -0.367 e. The number of carbonyl (C=O) groups is 1. The van der Waals surface area contributed by atoms with Gasteiger partial charge in [-0.05, 0) is 55.3 Å². The van der Waals surface area contributed by atoms with Crippen LogP contribution in [0.2, 0.25) is 0 Å². The molecule has 1 fully saturated rings. The summed E-state index contributed by atoms with van der Waals surface area (Å²) in [6.45, 7) is 7.43. The van der Waals surface area contributed by atoms with E-state index in [2.05, 4.69) is 36.1 Å². The fourth-order valence-corrected chi connectivity index (χ4v) is 3.57. The van der Waals surface area contributed by atoms with Crippen LogP contribution >= 0.6 is 0 Å². The second kappa shape index (κ2) is 8.26. The predicted molar refractivity (Wildman–Crippen MR) is 115 cm³/mol. The van der Waals surface area contributed by atoms with Crippen LogP contribution in [0.25, 0.3) is 0 Å². The number of aryl methyl sites for hydroxylation is 2. The number of nitrogens with one attached hydrogen (secondary N) is 1. The van der Waals surface area contributed by atoms with Crippen LogP contribution in [0.15, 0.2) is 55.0 Å². The zero-order valence-corrected chi connectivity index (χ0v) is 16.7. The number of hydrogen-bond acceptors (Lipinski definition) is 6. The maximum absolute atomic E-state index is 12.5. The zero-order chi connectivity index (χ0) is 20.2. The molecule has 0 unspecified atom stereocenters. The standard InChI is InChI=1S/C22H24N6O/c1-16-12-17(2)14-18(13-16)26-21(29)20-5-4-19(15-25-20)27-8-10-28(11-9-27)22-23-6-3-7-24-22/h3-7,12-15H,8-11H2,1-2H3,(H,26,29). The zero-order valence-electron chi connectivity index (χ0n) is 16.7. The molecule has 2 aromatic heterocycles. The Morgan fingerprint density at radius 1 is 0.897 bits per heavy atom. The number of hydrogen-bond donors (Lipinski definition) is 1. The number of piperazine rings is 1. The summed E-state index contributed by atoms with van der Waals surface area (Å²) in [6, 6.07) is 11.5. The van der Waals surface area contributed by atoms with Crippen LogP contribution in [-0.2, 0) is 0 Å². The molecule has 1 aromatic carbocycles. The van der Waals surface area contributed by atoms with Crippen LogP contribution in [0.5, 0.6) is 0 Å². The number of pyridine rings is 1. The van der Waals surface area contributed by atoms with Crippen molar-refractivity contribution < 1.29 is 4.79 Å². The first-order chi connectivity index (χ1) is 14.1. The van der Waals surface area contributed by atoms with Crippen molar-refractivity contribution in [3.05, 3.63) is 71.8 Å². The van der Waals surface area contributed by atoms with E-state index in [4.69, 9.17) is 0 Å². The van der Waals surface area contributed by atoms with Gasteiger partial charge >= 0.3 is 0 Å². The molecule has 0 spiro atoms. The summed E-state index contributed by atoms with van der Waals surface area (Å²) in [6.07, 6.45) is 5.30. The second-order valence-corrected chi connectivity index (χ2v) is 7.26. The monoisotopic (exact) mass is 388 g/mol. The third kappa shape index (κ3) is 4.51. The molecule has 1 saturated heterocycles. The Morgan fingerprint density at radius 2 is 1.55 bits per heavy atom. The van der Waals surface area contributed by atoms with Gasteiger partial charge in [-0.25, -0.2) is 15.0 Å². The number of aromatic nitrogens is 3. The van der Waals surface area contributed by atoms with Crippen molar-refractivity contribution in [1.82, 2.24) is 15.0 Å². The van der Waals surface area contributed by atoms with Gasteiger partial charge in [-0.1, -0.05) is 6.07 Å². The largest absolute Gasteiger partial charge is 0.367 e. The van der Waals surface area contributed by atoms with E-state index in [1.165, 1.54) is 0 Å². The van der Waals surface area contributed by atoms with E-state index in [9.17, 15) is 4.79 Å². The molecule has 0 saturated carbocycles. The molecule has 0 radical (unpaired) electrons. The highest BCUT2D eigenvalue weighted by Crippen LogP contribution is 2.19. The van der Waals surface area contributed by atoms with Gasteiger partial charge in [0, 0.05) is 44.3 Å². The molecule has 0 aliphatic carbocycles. The van der Waals surface area contributed by atoms with E-state index in [0.717, 1.165) is 54.6 Å². The van der Waals surface area contributed by atoms with Gasteiger partial charge in [-0.2, -0.15) is 0 Å². The number of nitrogens with zero attached hydrogens (tertiary/aromatic N) is 5. The molecule has 3 aromatic rings. The highest BCUT2D eigenvalue weighted by molar-refractivity contribution is 6.03. The molecule has 0 bridgehead atoms. The van der Waals surface area contributed by atoms with Crippen molar-refractivity contribution in [2.45, 2.75) is 13.8 Å². The van der Waals surface area contributed by atoms with Crippen molar-refractivity contribution >= 4 is 23.2 Å². The maximum atomic E-state index is 12.5. The summed E-state index contributed by atoms with van der Waals surface area (Å²) in [5.41, 5.74) is 4.44. The lowest BCUT2D eigenvalue weighted by Gasteiger charge is -2.35. The Bertz CT molecular complexity index is 962. The van der Waals surface area contributed by atoms with Gasteiger partial charge in [0.15, 0.2) is 0 Å². The van der Waals surface area contributed by atoms with Gasteiger partial charge in [0.25, 0.3) is 5.91 Å². The van der Waals surface area contributed by atoms with Gasteiger partial charge < -0.3 is 15.1 Å². The van der Waals surface area contributed by atoms with E-state index < -0.39 is 0 Å². The Balaban J connectivity index is 1.37. The van der Waals surface area contributed by atoms with Crippen molar-refractivity contribution in [3.8, 4) is 0 Å². The summed E-state index contributed by atoms with van der Waals surface area (Å²) in [5, 5.41) is 2.93. The van der Waals surface area contributed by atoms with E-state index >= 15 is 0 Å². The smallest absolute Gasteiger partial charge is 0.274 e. The summed E-state index contributed by atoms with van der Waals surface area (Å²) < 4.78 is 0. The molecule has 0 atom stereocenters. The highest BCUT2D eigenvalue weighted by Gasteiger charge is 2.19. The van der Waals surface area contributed by atoms with Crippen LogP contribution in [0.4, 0.5) is 17.3 Å². The highest BCUT2D eigenvalue weighted by atomic mass is 16.1. The van der Waals surface area contributed by atoms with Crippen LogP contribution in [0, 0.1) is 13.8 Å². The predicted octanol–water partition coefficient (Wildman–Crippen LogP) is 3.07. The van der Waals surface area contributed by atoms with Crippen LogP contribution in [0.3, 0.4) is 0 Å².